The number of fused-ring (bicyclic) bond motifs is 3. The van der Waals surface area contributed by atoms with Gasteiger partial charge in [-0.05, 0) is 41.5 Å². The Morgan fingerprint density at radius 2 is 2.00 bits per heavy atom. The number of benzene rings is 1. The number of aromatic nitrogens is 1. The van der Waals surface area contributed by atoms with E-state index < -0.39 is 5.41 Å². The molecule has 1 N–H and O–H groups in total. The fourth-order valence-corrected chi connectivity index (χ4v) is 3.65. The molecule has 0 saturated carbocycles. The fraction of sp³-hybridized carbons (Fsp3) is 0.333. The van der Waals surface area contributed by atoms with E-state index in [1.54, 1.807) is 6.20 Å². The maximum atomic E-state index is 12.6. The molecular formula is C18H18N2O. The van der Waals surface area contributed by atoms with Gasteiger partial charge in [-0.25, -0.2) is 4.98 Å². The van der Waals surface area contributed by atoms with E-state index >= 15 is 0 Å². The SMILES string of the molecule is CC(C)c1ccc2c(c1)CC1(C2)C(=O)Nc2ncccc21. The highest BCUT2D eigenvalue weighted by atomic mass is 16.2. The molecule has 1 unspecified atom stereocenters. The summed E-state index contributed by atoms with van der Waals surface area (Å²) in [6.07, 6.45) is 3.30. The van der Waals surface area contributed by atoms with Gasteiger partial charge in [-0.15, -0.1) is 0 Å². The van der Waals surface area contributed by atoms with Crippen LogP contribution in [0.15, 0.2) is 36.5 Å². The molecule has 1 aliphatic heterocycles. The molecule has 4 rings (SSSR count). The largest absolute Gasteiger partial charge is 0.310 e. The van der Waals surface area contributed by atoms with Crippen molar-refractivity contribution in [1.82, 2.24) is 4.98 Å². The van der Waals surface area contributed by atoms with E-state index in [2.05, 4.69) is 42.3 Å². The second-order valence-electron chi connectivity index (χ2n) is 6.47. The first-order chi connectivity index (χ1) is 10.1. The van der Waals surface area contributed by atoms with Crippen LogP contribution in [0.1, 0.15) is 42.0 Å². The topological polar surface area (TPSA) is 42.0 Å². The third-order valence-electron chi connectivity index (χ3n) is 4.87. The van der Waals surface area contributed by atoms with Crippen LogP contribution in [0.2, 0.25) is 0 Å². The summed E-state index contributed by atoms with van der Waals surface area (Å²) >= 11 is 0. The lowest BCUT2D eigenvalue weighted by atomic mass is 9.79. The Labute approximate surface area is 124 Å². The number of carbonyl (C=O) groups is 1. The van der Waals surface area contributed by atoms with E-state index in [4.69, 9.17) is 0 Å². The molecule has 2 heterocycles. The van der Waals surface area contributed by atoms with Crippen LogP contribution in [-0.4, -0.2) is 10.9 Å². The zero-order valence-electron chi connectivity index (χ0n) is 12.3. The monoisotopic (exact) mass is 278 g/mol. The molecule has 2 aliphatic rings. The average molecular weight is 278 g/mol. The van der Waals surface area contributed by atoms with Crippen LogP contribution < -0.4 is 5.32 Å². The minimum atomic E-state index is -0.443. The van der Waals surface area contributed by atoms with Crippen LogP contribution in [0.5, 0.6) is 0 Å². The van der Waals surface area contributed by atoms with Crippen LogP contribution in [0.3, 0.4) is 0 Å². The second kappa shape index (κ2) is 4.17. The average Bonchev–Trinajstić information content (AvgIpc) is 2.98. The summed E-state index contributed by atoms with van der Waals surface area (Å²) in [5, 5.41) is 2.95. The first kappa shape index (κ1) is 12.6. The van der Waals surface area contributed by atoms with Gasteiger partial charge >= 0.3 is 0 Å². The number of anilines is 1. The van der Waals surface area contributed by atoms with Gasteiger partial charge in [-0.1, -0.05) is 38.1 Å². The lowest BCUT2D eigenvalue weighted by Crippen LogP contribution is -2.35. The molecule has 106 valence electrons. The molecule has 1 amide bonds. The molecule has 1 aliphatic carbocycles. The van der Waals surface area contributed by atoms with E-state index in [0.29, 0.717) is 5.92 Å². The number of amides is 1. The van der Waals surface area contributed by atoms with Crippen molar-refractivity contribution >= 4 is 11.7 Å². The normalized spacial score (nSPS) is 22.5. The van der Waals surface area contributed by atoms with Gasteiger partial charge in [0.25, 0.3) is 0 Å². The first-order valence-electron chi connectivity index (χ1n) is 7.49. The smallest absolute Gasteiger partial charge is 0.237 e. The third kappa shape index (κ3) is 1.67. The van der Waals surface area contributed by atoms with Crippen molar-refractivity contribution in [3.05, 3.63) is 58.8 Å². The zero-order chi connectivity index (χ0) is 14.6. The minimum Gasteiger partial charge on any atom is -0.310 e. The lowest BCUT2D eigenvalue weighted by molar-refractivity contribution is -0.120. The molecular weight excluding hydrogens is 260 g/mol. The number of rotatable bonds is 1. The van der Waals surface area contributed by atoms with Gasteiger partial charge in [0.05, 0.1) is 5.41 Å². The van der Waals surface area contributed by atoms with Gasteiger partial charge in [-0.2, -0.15) is 0 Å². The number of nitrogens with zero attached hydrogens (tertiary/aromatic N) is 1. The van der Waals surface area contributed by atoms with Gasteiger partial charge in [0.1, 0.15) is 5.82 Å². The van der Waals surface area contributed by atoms with Crippen molar-refractivity contribution in [2.24, 2.45) is 0 Å². The lowest BCUT2D eigenvalue weighted by Gasteiger charge is -2.20. The quantitative estimate of drug-likeness (QED) is 0.870. The zero-order valence-corrected chi connectivity index (χ0v) is 12.3. The van der Waals surface area contributed by atoms with Gasteiger partial charge < -0.3 is 5.32 Å². The molecule has 0 saturated heterocycles. The van der Waals surface area contributed by atoms with Crippen molar-refractivity contribution in [3.8, 4) is 0 Å². The molecule has 3 nitrogen and oxygen atoms in total. The van der Waals surface area contributed by atoms with Crippen LogP contribution in [-0.2, 0) is 23.1 Å². The summed E-state index contributed by atoms with van der Waals surface area (Å²) in [5.74, 6) is 1.34. The summed E-state index contributed by atoms with van der Waals surface area (Å²) in [4.78, 5) is 16.9. The summed E-state index contributed by atoms with van der Waals surface area (Å²) in [6.45, 7) is 4.40. The Kier molecular flexibility index (Phi) is 2.49. The number of carbonyl (C=O) groups excluding carboxylic acids is 1. The van der Waals surface area contributed by atoms with Gasteiger partial charge in [0, 0.05) is 11.8 Å². The highest BCUT2D eigenvalue weighted by Crippen LogP contribution is 2.46. The maximum absolute atomic E-state index is 12.6. The van der Waals surface area contributed by atoms with Crippen molar-refractivity contribution < 1.29 is 4.79 Å². The van der Waals surface area contributed by atoms with E-state index in [1.807, 2.05) is 12.1 Å². The van der Waals surface area contributed by atoms with E-state index in [0.717, 1.165) is 24.2 Å². The predicted octanol–water partition coefficient (Wildman–Crippen LogP) is 3.19. The number of nitrogens with one attached hydrogen (secondary N) is 1. The van der Waals surface area contributed by atoms with Gasteiger partial charge in [0.2, 0.25) is 5.91 Å². The molecule has 1 atom stereocenters. The number of hydrogen-bond acceptors (Lipinski definition) is 2. The highest BCUT2D eigenvalue weighted by molar-refractivity contribution is 6.06. The Morgan fingerprint density at radius 3 is 2.81 bits per heavy atom. The van der Waals surface area contributed by atoms with Crippen molar-refractivity contribution in [3.63, 3.8) is 0 Å². The molecule has 1 spiro atoms. The highest BCUT2D eigenvalue weighted by Gasteiger charge is 2.50. The Balaban J connectivity index is 1.81. The molecule has 2 aromatic rings. The predicted molar refractivity (Wildman–Crippen MR) is 82.5 cm³/mol. The Morgan fingerprint density at radius 1 is 1.19 bits per heavy atom. The van der Waals surface area contributed by atoms with Crippen molar-refractivity contribution in [1.29, 1.82) is 0 Å². The molecule has 21 heavy (non-hydrogen) atoms. The van der Waals surface area contributed by atoms with Crippen LogP contribution in [0.25, 0.3) is 0 Å². The third-order valence-corrected chi connectivity index (χ3v) is 4.87. The molecule has 0 radical (unpaired) electrons. The van der Waals surface area contributed by atoms with Gasteiger partial charge in [-0.3, -0.25) is 4.79 Å². The Bertz CT molecular complexity index is 751. The molecule has 0 bridgehead atoms. The van der Waals surface area contributed by atoms with Crippen molar-refractivity contribution in [2.45, 2.75) is 38.0 Å². The van der Waals surface area contributed by atoms with Crippen LogP contribution >= 0.6 is 0 Å². The van der Waals surface area contributed by atoms with Crippen LogP contribution in [0.4, 0.5) is 5.82 Å². The fourth-order valence-electron chi connectivity index (χ4n) is 3.65. The summed E-state index contributed by atoms with van der Waals surface area (Å²) in [5.41, 5.74) is 4.56. The molecule has 1 aromatic carbocycles. The summed E-state index contributed by atoms with van der Waals surface area (Å²) in [7, 11) is 0. The maximum Gasteiger partial charge on any atom is 0.237 e. The Hall–Kier alpha value is -2.16. The number of pyridine rings is 1. The standard InChI is InChI=1S/C18H18N2O/c1-11(2)12-5-6-13-9-18(10-14(13)8-12)15-4-3-7-19-16(15)20-17(18)21/h3-8,11H,9-10H2,1-2H3,(H,19,20,21). The second-order valence-corrected chi connectivity index (χ2v) is 6.47. The summed E-state index contributed by atoms with van der Waals surface area (Å²) in [6, 6.07) is 10.6. The minimum absolute atomic E-state index is 0.0958. The van der Waals surface area contributed by atoms with Crippen LogP contribution in [0, 0.1) is 0 Å². The van der Waals surface area contributed by atoms with Crippen molar-refractivity contribution in [2.75, 3.05) is 5.32 Å². The van der Waals surface area contributed by atoms with E-state index in [-0.39, 0.29) is 5.91 Å². The molecule has 0 fully saturated rings. The summed E-state index contributed by atoms with van der Waals surface area (Å²) < 4.78 is 0. The first-order valence-corrected chi connectivity index (χ1v) is 7.49. The molecule has 3 heteroatoms. The van der Waals surface area contributed by atoms with E-state index in [9.17, 15) is 4.79 Å². The molecule has 1 aromatic heterocycles. The number of hydrogen-bond donors (Lipinski definition) is 1. The van der Waals surface area contributed by atoms with Gasteiger partial charge in [0.15, 0.2) is 0 Å². The van der Waals surface area contributed by atoms with E-state index in [1.165, 1.54) is 16.7 Å².